The van der Waals surface area contributed by atoms with Crippen LogP contribution in [0.5, 0.6) is 0 Å². The summed E-state index contributed by atoms with van der Waals surface area (Å²) < 4.78 is 20.2. The molecule has 0 saturated carbocycles. The maximum atomic E-state index is 14.1. The first-order valence-corrected chi connectivity index (χ1v) is 7.10. The molecule has 0 radical (unpaired) electrons. The molecule has 1 atom stereocenters. The van der Waals surface area contributed by atoms with Gasteiger partial charge in [-0.1, -0.05) is 6.07 Å². The van der Waals surface area contributed by atoms with Crippen LogP contribution in [-0.4, -0.2) is 24.3 Å². The van der Waals surface area contributed by atoms with Gasteiger partial charge in [0.05, 0.1) is 11.2 Å². The van der Waals surface area contributed by atoms with Gasteiger partial charge in [0, 0.05) is 30.4 Å². The van der Waals surface area contributed by atoms with Gasteiger partial charge in [-0.05, 0) is 46.8 Å². The Hall–Kier alpha value is -1.13. The van der Waals surface area contributed by atoms with Crippen LogP contribution < -0.4 is 10.6 Å². The maximum Gasteiger partial charge on any atom is 0.130 e. The summed E-state index contributed by atoms with van der Waals surface area (Å²) in [5.74, 6) is -0.236. The Morgan fingerprint density at radius 3 is 2.25 bits per heavy atom. The van der Waals surface area contributed by atoms with Crippen LogP contribution in [0.3, 0.4) is 0 Å². The van der Waals surface area contributed by atoms with E-state index >= 15 is 0 Å². The zero-order valence-electron chi connectivity index (χ0n) is 13.0. The van der Waals surface area contributed by atoms with E-state index in [1.54, 1.807) is 6.07 Å². The number of benzene rings is 1. The summed E-state index contributed by atoms with van der Waals surface area (Å²) in [5.41, 5.74) is 6.87. The molecule has 0 bridgehead atoms. The van der Waals surface area contributed by atoms with Gasteiger partial charge < -0.3 is 15.4 Å². The van der Waals surface area contributed by atoms with Gasteiger partial charge in [-0.3, -0.25) is 0 Å². The second-order valence-corrected chi connectivity index (χ2v) is 6.94. The minimum absolute atomic E-state index is 0.236. The summed E-state index contributed by atoms with van der Waals surface area (Å²) in [6.45, 7) is 11.5. The van der Waals surface area contributed by atoms with Gasteiger partial charge in [0.15, 0.2) is 0 Å². The lowest BCUT2D eigenvalue weighted by Gasteiger charge is -2.48. The van der Waals surface area contributed by atoms with E-state index in [9.17, 15) is 4.39 Å². The molecule has 1 aliphatic rings. The van der Waals surface area contributed by atoms with Gasteiger partial charge in [-0.2, -0.15) is 0 Å². The third-order valence-corrected chi connectivity index (χ3v) is 3.52. The van der Waals surface area contributed by atoms with Crippen LogP contribution in [0.15, 0.2) is 18.2 Å². The van der Waals surface area contributed by atoms with Crippen molar-refractivity contribution in [3.8, 4) is 0 Å². The van der Waals surface area contributed by atoms with Crippen LogP contribution in [0.4, 0.5) is 10.1 Å². The summed E-state index contributed by atoms with van der Waals surface area (Å²) in [5, 5.41) is 0. The zero-order chi connectivity index (χ0) is 15.1. The summed E-state index contributed by atoms with van der Waals surface area (Å²) in [6.07, 6.45) is 0. The lowest BCUT2D eigenvalue weighted by molar-refractivity contribution is -0.133. The first-order chi connectivity index (χ1) is 9.11. The van der Waals surface area contributed by atoms with E-state index in [-0.39, 0.29) is 23.1 Å². The van der Waals surface area contributed by atoms with Crippen molar-refractivity contribution in [1.82, 2.24) is 0 Å². The molecule has 2 N–H and O–H groups in total. The molecule has 112 valence electrons. The van der Waals surface area contributed by atoms with Gasteiger partial charge in [-0.15, -0.1) is 0 Å². The summed E-state index contributed by atoms with van der Waals surface area (Å²) >= 11 is 0. The van der Waals surface area contributed by atoms with Crippen LogP contribution in [0.1, 0.15) is 46.2 Å². The van der Waals surface area contributed by atoms with Crippen molar-refractivity contribution in [2.75, 3.05) is 18.0 Å². The molecule has 1 saturated heterocycles. The fourth-order valence-electron chi connectivity index (χ4n) is 3.21. The number of halogens is 1. The van der Waals surface area contributed by atoms with Crippen molar-refractivity contribution in [1.29, 1.82) is 0 Å². The number of morpholine rings is 1. The molecule has 3 nitrogen and oxygen atoms in total. The van der Waals surface area contributed by atoms with Crippen molar-refractivity contribution in [3.63, 3.8) is 0 Å². The van der Waals surface area contributed by atoms with Gasteiger partial charge in [0.2, 0.25) is 0 Å². The van der Waals surface area contributed by atoms with Crippen molar-refractivity contribution in [2.24, 2.45) is 5.73 Å². The van der Waals surface area contributed by atoms with Gasteiger partial charge in [0.1, 0.15) is 5.82 Å². The molecule has 20 heavy (non-hydrogen) atoms. The first-order valence-electron chi connectivity index (χ1n) is 7.10. The molecule has 1 fully saturated rings. The van der Waals surface area contributed by atoms with Crippen molar-refractivity contribution in [3.05, 3.63) is 29.6 Å². The summed E-state index contributed by atoms with van der Waals surface area (Å²) in [6, 6.07) is 4.82. The fraction of sp³-hybridized carbons (Fsp3) is 0.625. The zero-order valence-corrected chi connectivity index (χ0v) is 13.0. The number of nitrogens with two attached hydrogens (primary N) is 1. The monoisotopic (exact) mass is 280 g/mol. The quantitative estimate of drug-likeness (QED) is 0.904. The first kappa shape index (κ1) is 15.3. The number of nitrogens with zero attached hydrogens (tertiary/aromatic N) is 1. The maximum absolute atomic E-state index is 14.1. The highest BCUT2D eigenvalue weighted by molar-refractivity contribution is 5.56. The molecule has 0 amide bonds. The summed E-state index contributed by atoms with van der Waals surface area (Å²) in [7, 11) is 0. The molecule has 4 heteroatoms. The number of anilines is 1. The lowest BCUT2D eigenvalue weighted by atomic mass is 9.96. The predicted octanol–water partition coefficient (Wildman–Crippen LogP) is 3.24. The van der Waals surface area contributed by atoms with Gasteiger partial charge in [0.25, 0.3) is 0 Å². The summed E-state index contributed by atoms with van der Waals surface area (Å²) in [4.78, 5) is 2.19. The molecule has 0 spiro atoms. The fourth-order valence-corrected chi connectivity index (χ4v) is 3.21. The smallest absolute Gasteiger partial charge is 0.130 e. The van der Waals surface area contributed by atoms with Gasteiger partial charge in [-0.25, -0.2) is 4.39 Å². The molecular formula is C16H25FN2O. The van der Waals surface area contributed by atoms with Crippen molar-refractivity contribution in [2.45, 2.75) is 51.9 Å². The van der Waals surface area contributed by atoms with E-state index in [1.807, 2.05) is 13.0 Å². The third kappa shape index (κ3) is 3.13. The lowest BCUT2D eigenvalue weighted by Crippen LogP contribution is -2.57. The van der Waals surface area contributed by atoms with E-state index in [0.717, 1.165) is 18.8 Å². The van der Waals surface area contributed by atoms with Crippen LogP contribution in [0.2, 0.25) is 0 Å². The van der Waals surface area contributed by atoms with Crippen molar-refractivity contribution < 1.29 is 9.13 Å². The number of hydrogen-bond donors (Lipinski definition) is 1. The number of ether oxygens (including phenoxy) is 1. The SMILES string of the molecule is C[C@H](N)c1c(F)cccc1N1CC(C)(C)OC(C)(C)C1. The normalized spacial score (nSPS) is 22.6. The largest absolute Gasteiger partial charge is 0.366 e. The Labute approximate surface area is 120 Å². The van der Waals surface area contributed by atoms with Crippen LogP contribution in [-0.2, 0) is 4.74 Å². The topological polar surface area (TPSA) is 38.5 Å². The molecule has 1 aromatic carbocycles. The molecular weight excluding hydrogens is 255 g/mol. The number of hydrogen-bond acceptors (Lipinski definition) is 3. The van der Waals surface area contributed by atoms with E-state index < -0.39 is 0 Å². The third-order valence-electron chi connectivity index (χ3n) is 3.52. The Morgan fingerprint density at radius 1 is 1.20 bits per heavy atom. The Kier molecular flexibility index (Phi) is 3.82. The molecule has 0 unspecified atom stereocenters. The highest BCUT2D eigenvalue weighted by Gasteiger charge is 2.39. The van der Waals surface area contributed by atoms with E-state index in [4.69, 9.17) is 10.5 Å². The molecule has 1 aromatic rings. The van der Waals surface area contributed by atoms with Crippen LogP contribution in [0.25, 0.3) is 0 Å². The molecule has 1 heterocycles. The van der Waals surface area contributed by atoms with E-state index in [0.29, 0.717) is 5.56 Å². The molecule has 2 rings (SSSR count). The van der Waals surface area contributed by atoms with E-state index in [1.165, 1.54) is 6.07 Å². The minimum Gasteiger partial charge on any atom is -0.366 e. The van der Waals surface area contributed by atoms with Gasteiger partial charge >= 0.3 is 0 Å². The molecule has 0 aromatic heterocycles. The highest BCUT2D eigenvalue weighted by atomic mass is 19.1. The minimum atomic E-state index is -0.333. The van der Waals surface area contributed by atoms with E-state index in [2.05, 4.69) is 32.6 Å². The second kappa shape index (κ2) is 5.01. The Bertz CT molecular complexity index is 481. The molecule has 1 aliphatic heterocycles. The van der Waals surface area contributed by atoms with Crippen LogP contribution in [0, 0.1) is 5.82 Å². The Morgan fingerprint density at radius 2 is 1.75 bits per heavy atom. The second-order valence-electron chi connectivity index (χ2n) is 6.94. The van der Waals surface area contributed by atoms with Crippen LogP contribution >= 0.6 is 0 Å². The predicted molar refractivity (Wildman–Crippen MR) is 80.5 cm³/mol. The van der Waals surface area contributed by atoms with Crippen molar-refractivity contribution >= 4 is 5.69 Å². The standard InChI is InChI=1S/C16H25FN2O/c1-11(18)14-12(17)7-6-8-13(14)19-9-15(2,3)20-16(4,5)10-19/h6-8,11H,9-10,18H2,1-5H3/t11-/m0/s1. The Balaban J connectivity index is 2.43. The highest BCUT2D eigenvalue weighted by Crippen LogP contribution is 2.35. The molecule has 0 aliphatic carbocycles. The average Bonchev–Trinajstić information content (AvgIpc) is 2.23. The average molecular weight is 280 g/mol. The number of rotatable bonds is 2.